The van der Waals surface area contributed by atoms with E-state index in [-0.39, 0.29) is 17.6 Å². The molecule has 0 radical (unpaired) electrons. The van der Waals surface area contributed by atoms with E-state index in [0.29, 0.717) is 11.9 Å². The maximum Gasteiger partial charge on any atom is 0.322 e. The minimum absolute atomic E-state index is 0.0166. The van der Waals surface area contributed by atoms with Crippen LogP contribution in [0.3, 0.4) is 0 Å². The molecule has 0 fully saturated rings. The molecule has 1 unspecified atom stereocenters. The van der Waals surface area contributed by atoms with Crippen molar-refractivity contribution in [2.45, 2.75) is 12.6 Å². The van der Waals surface area contributed by atoms with E-state index < -0.39 is 0 Å². The maximum atomic E-state index is 13.2. The average molecular weight is 439 g/mol. The zero-order valence-corrected chi connectivity index (χ0v) is 18.7. The van der Waals surface area contributed by atoms with Crippen LogP contribution in [0.1, 0.15) is 17.2 Å². The lowest BCUT2D eigenvalue weighted by molar-refractivity contribution is 0.179. The monoisotopic (exact) mass is 438 g/mol. The van der Waals surface area contributed by atoms with Crippen molar-refractivity contribution >= 4 is 22.5 Å². The molecule has 2 amide bonds. The second kappa shape index (κ2) is 8.56. The summed E-state index contributed by atoms with van der Waals surface area (Å²) in [5.41, 5.74) is 4.96. The molecule has 5 rings (SSSR count). The van der Waals surface area contributed by atoms with Gasteiger partial charge >= 0.3 is 6.03 Å². The highest BCUT2D eigenvalue weighted by molar-refractivity contribution is 5.96. The number of aromatic nitrogens is 1. The summed E-state index contributed by atoms with van der Waals surface area (Å²) < 4.78 is 0. The van der Waals surface area contributed by atoms with Gasteiger partial charge in [0.2, 0.25) is 0 Å². The van der Waals surface area contributed by atoms with Crippen molar-refractivity contribution in [3.05, 3.63) is 100 Å². The van der Waals surface area contributed by atoms with Crippen molar-refractivity contribution in [2.24, 2.45) is 0 Å². The predicted molar refractivity (Wildman–Crippen MR) is 132 cm³/mol. The summed E-state index contributed by atoms with van der Waals surface area (Å²) in [7, 11) is 4.05. The molecule has 1 aliphatic rings. The van der Waals surface area contributed by atoms with Crippen molar-refractivity contribution in [2.75, 3.05) is 26.0 Å². The van der Waals surface area contributed by atoms with Gasteiger partial charge in [0.15, 0.2) is 0 Å². The summed E-state index contributed by atoms with van der Waals surface area (Å²) in [6.07, 6.45) is 1.74. The topological polar surface area (TPSA) is 68.4 Å². The van der Waals surface area contributed by atoms with Crippen LogP contribution < -0.4 is 10.9 Å². The number of rotatable bonds is 4. The number of benzene rings is 3. The number of aromatic amines is 1. The van der Waals surface area contributed by atoms with Gasteiger partial charge in [-0.25, -0.2) is 4.79 Å². The smallest absolute Gasteiger partial charge is 0.322 e. The van der Waals surface area contributed by atoms with E-state index in [2.05, 4.69) is 27.3 Å². The van der Waals surface area contributed by atoms with Gasteiger partial charge in [-0.1, -0.05) is 54.6 Å². The van der Waals surface area contributed by atoms with Crippen LogP contribution in [0.5, 0.6) is 0 Å². The number of carbonyl (C=O) groups excluding carboxylic acids is 1. The number of carbonyl (C=O) groups is 1. The van der Waals surface area contributed by atoms with Crippen LogP contribution in [0.15, 0.2) is 83.8 Å². The Morgan fingerprint density at radius 2 is 1.70 bits per heavy atom. The fourth-order valence-electron chi connectivity index (χ4n) is 4.60. The molecule has 166 valence electrons. The molecule has 1 aliphatic heterocycles. The largest absolute Gasteiger partial charge is 0.328 e. The van der Waals surface area contributed by atoms with E-state index in [1.165, 1.54) is 11.1 Å². The van der Waals surface area contributed by atoms with Gasteiger partial charge in [-0.3, -0.25) is 4.79 Å². The first kappa shape index (κ1) is 21.0. The van der Waals surface area contributed by atoms with Gasteiger partial charge in [0.05, 0.1) is 6.04 Å². The van der Waals surface area contributed by atoms with E-state index >= 15 is 0 Å². The number of urea groups is 1. The van der Waals surface area contributed by atoms with Crippen LogP contribution in [0, 0.1) is 0 Å². The molecule has 3 aromatic carbocycles. The highest BCUT2D eigenvalue weighted by atomic mass is 16.2. The molecule has 0 saturated carbocycles. The van der Waals surface area contributed by atoms with Crippen LogP contribution in [-0.4, -0.2) is 41.5 Å². The number of hydrogen-bond acceptors (Lipinski definition) is 3. The molecule has 0 spiro atoms. The Balaban J connectivity index is 1.37. The Morgan fingerprint density at radius 1 is 1.00 bits per heavy atom. The quantitative estimate of drug-likeness (QED) is 0.479. The average Bonchev–Trinajstić information content (AvgIpc) is 3.18. The van der Waals surface area contributed by atoms with Gasteiger partial charge in [-0.05, 0) is 54.4 Å². The predicted octanol–water partition coefficient (Wildman–Crippen LogP) is 4.85. The van der Waals surface area contributed by atoms with Gasteiger partial charge in [0, 0.05) is 35.9 Å². The summed E-state index contributed by atoms with van der Waals surface area (Å²) in [5.74, 6) is 0. The molecular weight excluding hydrogens is 412 g/mol. The molecule has 6 heteroatoms. The van der Waals surface area contributed by atoms with E-state index in [9.17, 15) is 9.59 Å². The molecule has 2 heterocycles. The first-order chi connectivity index (χ1) is 16.0. The van der Waals surface area contributed by atoms with Gasteiger partial charge < -0.3 is 20.1 Å². The maximum absolute atomic E-state index is 13.2. The van der Waals surface area contributed by atoms with E-state index in [0.717, 1.165) is 28.7 Å². The molecular formula is C27H26N4O2. The third kappa shape index (κ3) is 4.01. The van der Waals surface area contributed by atoms with Gasteiger partial charge in [-0.15, -0.1) is 0 Å². The number of likely N-dealkylation sites (N-methyl/N-ethyl adjacent to an activating group) is 1. The Labute approximate surface area is 192 Å². The second-order valence-corrected chi connectivity index (χ2v) is 8.69. The number of nitrogens with zero attached hydrogens (tertiary/aromatic N) is 2. The number of nitrogens with one attached hydrogen (secondary N) is 2. The van der Waals surface area contributed by atoms with E-state index in [1.807, 2.05) is 79.7 Å². The highest BCUT2D eigenvalue weighted by Crippen LogP contribution is 2.34. The SMILES string of the molecule is CN(C)CC1c2ccccc2CN1C(=O)Nc1ccc(-c2c[nH]c(=O)c3ccccc23)cc1. The molecule has 1 atom stereocenters. The summed E-state index contributed by atoms with van der Waals surface area (Å²) in [6.45, 7) is 1.37. The Hall–Kier alpha value is -3.90. The standard InChI is InChI=1S/C27H26N4O2/c1-30(2)17-25-21-8-4-3-7-19(21)16-31(25)27(33)29-20-13-11-18(12-14-20)24-15-28-26(32)23-10-6-5-9-22(23)24/h3-15,25H,16-17H2,1-2H3,(H,28,32)(H,29,33). The van der Waals surface area contributed by atoms with Crippen LogP contribution in [0.2, 0.25) is 0 Å². The molecule has 0 bridgehead atoms. The first-order valence-corrected chi connectivity index (χ1v) is 11.0. The normalized spacial score (nSPS) is 15.1. The fraction of sp³-hybridized carbons (Fsp3) is 0.185. The van der Waals surface area contributed by atoms with E-state index in [1.54, 1.807) is 6.20 Å². The molecule has 6 nitrogen and oxygen atoms in total. The van der Waals surface area contributed by atoms with Crippen molar-refractivity contribution in [1.82, 2.24) is 14.8 Å². The van der Waals surface area contributed by atoms with E-state index in [4.69, 9.17) is 0 Å². The molecule has 33 heavy (non-hydrogen) atoms. The lowest BCUT2D eigenvalue weighted by atomic mass is 10.0. The van der Waals surface area contributed by atoms with Crippen LogP contribution >= 0.6 is 0 Å². The third-order valence-electron chi connectivity index (χ3n) is 6.19. The Kier molecular flexibility index (Phi) is 5.44. The fourth-order valence-corrected chi connectivity index (χ4v) is 4.60. The zero-order valence-electron chi connectivity index (χ0n) is 18.7. The highest BCUT2D eigenvalue weighted by Gasteiger charge is 2.33. The minimum Gasteiger partial charge on any atom is -0.328 e. The Bertz CT molecular complexity index is 1380. The molecule has 4 aromatic rings. The molecule has 1 aromatic heterocycles. The lowest BCUT2D eigenvalue weighted by Crippen LogP contribution is -2.37. The lowest BCUT2D eigenvalue weighted by Gasteiger charge is -2.28. The third-order valence-corrected chi connectivity index (χ3v) is 6.19. The van der Waals surface area contributed by atoms with Gasteiger partial charge in [0.25, 0.3) is 5.56 Å². The van der Waals surface area contributed by atoms with Crippen LogP contribution in [0.4, 0.5) is 10.5 Å². The van der Waals surface area contributed by atoms with Crippen molar-refractivity contribution < 1.29 is 4.79 Å². The summed E-state index contributed by atoms with van der Waals surface area (Å²) in [5, 5.41) is 4.62. The number of pyridine rings is 1. The number of anilines is 1. The van der Waals surface area contributed by atoms with Crippen LogP contribution in [0.25, 0.3) is 21.9 Å². The Morgan fingerprint density at radius 3 is 2.45 bits per heavy atom. The summed E-state index contributed by atoms with van der Waals surface area (Å²) in [6, 6.07) is 23.5. The van der Waals surface area contributed by atoms with Crippen molar-refractivity contribution in [1.29, 1.82) is 0 Å². The number of H-pyrrole nitrogens is 1. The van der Waals surface area contributed by atoms with Crippen molar-refractivity contribution in [3.8, 4) is 11.1 Å². The second-order valence-electron chi connectivity index (χ2n) is 8.69. The van der Waals surface area contributed by atoms with Gasteiger partial charge in [-0.2, -0.15) is 0 Å². The molecule has 0 saturated heterocycles. The summed E-state index contributed by atoms with van der Waals surface area (Å²) in [4.78, 5) is 32.1. The molecule has 0 aliphatic carbocycles. The van der Waals surface area contributed by atoms with Crippen molar-refractivity contribution in [3.63, 3.8) is 0 Å². The number of amides is 2. The van der Waals surface area contributed by atoms with Crippen LogP contribution in [-0.2, 0) is 6.54 Å². The minimum atomic E-state index is -0.111. The number of hydrogen-bond donors (Lipinski definition) is 2. The zero-order chi connectivity index (χ0) is 22.9. The van der Waals surface area contributed by atoms with Gasteiger partial charge in [0.1, 0.15) is 0 Å². The molecule has 2 N–H and O–H groups in total. The number of fused-ring (bicyclic) bond motifs is 2. The first-order valence-electron chi connectivity index (χ1n) is 11.0. The summed E-state index contributed by atoms with van der Waals surface area (Å²) >= 11 is 0.